The van der Waals surface area contributed by atoms with Crippen molar-refractivity contribution in [1.82, 2.24) is 25.1 Å². The summed E-state index contributed by atoms with van der Waals surface area (Å²) in [6.45, 7) is 2.15. The van der Waals surface area contributed by atoms with E-state index < -0.39 is 16.1 Å². The summed E-state index contributed by atoms with van der Waals surface area (Å²) in [5, 5.41) is 11.6. The number of ether oxygens (including phenoxy) is 2. The molecule has 2 fully saturated rings. The Kier molecular flexibility index (Phi) is 7.65. The fourth-order valence-electron chi connectivity index (χ4n) is 6.55. The van der Waals surface area contributed by atoms with Gasteiger partial charge in [-0.3, -0.25) is 4.90 Å². The van der Waals surface area contributed by atoms with E-state index in [1.807, 2.05) is 42.7 Å². The van der Waals surface area contributed by atoms with Crippen LogP contribution in [0.15, 0.2) is 48.9 Å². The van der Waals surface area contributed by atoms with Gasteiger partial charge in [0.25, 0.3) is 0 Å². The standard InChI is InChI=1S/C29H35N5O4S/c1-37-23-8-10-24(11-9-23)38-18-19-3-2-14-34(17-19)29(39(35)36)21-6-4-20(5-7-21)27-26-22(16-32-33-27)15-31-28-25(26)12-13-30-28/h8-13,15-16,19-21,29,39H,2-7,14,17-18H2,1H3,(H,30,31). The molecule has 4 aromatic rings. The van der Waals surface area contributed by atoms with Crippen LogP contribution in [0, 0.1) is 11.8 Å². The molecule has 2 atom stereocenters. The number of likely N-dealkylation sites (tertiary alicyclic amines) is 1. The van der Waals surface area contributed by atoms with Gasteiger partial charge in [-0.25, -0.2) is 13.4 Å². The lowest BCUT2D eigenvalue weighted by Crippen LogP contribution is -2.48. The van der Waals surface area contributed by atoms with Gasteiger partial charge in [0.1, 0.15) is 22.5 Å². The normalized spacial score (nSPS) is 23.3. The highest BCUT2D eigenvalue weighted by atomic mass is 32.2. The maximum Gasteiger partial charge on any atom is 0.156 e. The molecule has 9 nitrogen and oxygen atoms in total. The lowest BCUT2D eigenvalue weighted by molar-refractivity contribution is 0.0897. The van der Waals surface area contributed by atoms with Gasteiger partial charge in [0.15, 0.2) is 10.7 Å². The number of H-pyrrole nitrogens is 1. The predicted octanol–water partition coefficient (Wildman–Crippen LogP) is 4.52. The molecular weight excluding hydrogens is 514 g/mol. The van der Waals surface area contributed by atoms with Crippen molar-refractivity contribution < 1.29 is 17.9 Å². The molecule has 3 aromatic heterocycles. The van der Waals surface area contributed by atoms with E-state index in [1.54, 1.807) is 13.3 Å². The van der Waals surface area contributed by atoms with Crippen LogP contribution < -0.4 is 9.47 Å². The number of pyridine rings is 1. The zero-order valence-corrected chi connectivity index (χ0v) is 23.1. The summed E-state index contributed by atoms with van der Waals surface area (Å²) < 4.78 is 36.5. The van der Waals surface area contributed by atoms with Crippen LogP contribution in [0.25, 0.3) is 21.8 Å². The lowest BCUT2D eigenvalue weighted by atomic mass is 9.78. The van der Waals surface area contributed by atoms with E-state index >= 15 is 0 Å². The fraction of sp³-hybridized carbons (Fsp3) is 0.483. The van der Waals surface area contributed by atoms with E-state index in [1.165, 1.54) is 0 Å². The molecule has 2 aliphatic rings. The predicted molar refractivity (Wildman–Crippen MR) is 151 cm³/mol. The number of benzene rings is 1. The summed E-state index contributed by atoms with van der Waals surface area (Å²) >= 11 is 0. The van der Waals surface area contributed by atoms with Crippen molar-refractivity contribution in [1.29, 1.82) is 0 Å². The van der Waals surface area contributed by atoms with Crippen LogP contribution >= 0.6 is 0 Å². The van der Waals surface area contributed by atoms with Crippen molar-refractivity contribution in [2.75, 3.05) is 26.8 Å². The highest BCUT2D eigenvalue weighted by Crippen LogP contribution is 2.41. The molecule has 1 saturated heterocycles. The SMILES string of the molecule is COc1ccc(OCC2CCCN(C(C3CCC(c4nncc5cnc6[nH]ccc6c45)CC3)[SH](=O)=O)C2)cc1. The molecule has 1 aliphatic heterocycles. The first-order chi connectivity index (χ1) is 19.1. The van der Waals surface area contributed by atoms with Gasteiger partial charge in [-0.15, -0.1) is 0 Å². The molecule has 1 saturated carbocycles. The van der Waals surface area contributed by atoms with E-state index in [9.17, 15) is 8.42 Å². The first-order valence-electron chi connectivity index (χ1n) is 13.8. The van der Waals surface area contributed by atoms with E-state index in [4.69, 9.17) is 9.47 Å². The van der Waals surface area contributed by atoms with Gasteiger partial charge in [-0.1, -0.05) is 0 Å². The van der Waals surface area contributed by atoms with Crippen LogP contribution in [0.3, 0.4) is 0 Å². The third kappa shape index (κ3) is 5.45. The van der Waals surface area contributed by atoms with Gasteiger partial charge in [0.2, 0.25) is 0 Å². The Bertz CT molecular complexity index is 1490. The van der Waals surface area contributed by atoms with Gasteiger partial charge < -0.3 is 14.5 Å². The molecule has 1 aromatic carbocycles. The number of fused-ring (bicyclic) bond motifs is 3. The van der Waals surface area contributed by atoms with Gasteiger partial charge in [-0.05, 0) is 81.3 Å². The molecule has 39 heavy (non-hydrogen) atoms. The molecule has 1 aliphatic carbocycles. The van der Waals surface area contributed by atoms with Crippen molar-refractivity contribution in [3.8, 4) is 11.5 Å². The van der Waals surface area contributed by atoms with Crippen molar-refractivity contribution in [2.45, 2.75) is 49.8 Å². The molecule has 0 radical (unpaired) electrons. The second-order valence-corrected chi connectivity index (χ2v) is 12.0. The topological polar surface area (TPSA) is 110 Å². The molecule has 2 unspecified atom stereocenters. The van der Waals surface area contributed by atoms with Gasteiger partial charge in [0.05, 0.1) is 25.6 Å². The van der Waals surface area contributed by atoms with Gasteiger partial charge >= 0.3 is 0 Å². The Morgan fingerprint density at radius 1 is 1.05 bits per heavy atom. The van der Waals surface area contributed by atoms with Crippen LogP contribution in [-0.2, 0) is 10.7 Å². The number of piperidine rings is 1. The smallest absolute Gasteiger partial charge is 0.156 e. The van der Waals surface area contributed by atoms with Crippen LogP contribution in [-0.4, -0.2) is 65.7 Å². The number of aromatic nitrogens is 4. The average molecular weight is 550 g/mol. The van der Waals surface area contributed by atoms with Crippen molar-refractivity contribution in [2.24, 2.45) is 11.8 Å². The summed E-state index contributed by atoms with van der Waals surface area (Å²) in [5.74, 6) is 2.29. The maximum absolute atomic E-state index is 12.6. The first-order valence-corrected chi connectivity index (χ1v) is 15.1. The quantitative estimate of drug-likeness (QED) is 0.309. The Balaban J connectivity index is 1.12. The number of nitrogens with zero attached hydrogens (tertiary/aromatic N) is 4. The minimum atomic E-state index is -2.57. The van der Waals surface area contributed by atoms with Crippen LogP contribution in [0.1, 0.15) is 50.1 Å². The van der Waals surface area contributed by atoms with Crippen molar-refractivity contribution in [3.63, 3.8) is 0 Å². The van der Waals surface area contributed by atoms with E-state index in [2.05, 4.69) is 25.1 Å². The van der Waals surface area contributed by atoms with Crippen LogP contribution in [0.4, 0.5) is 0 Å². The van der Waals surface area contributed by atoms with Crippen LogP contribution in [0.5, 0.6) is 11.5 Å². The fourth-order valence-corrected chi connectivity index (χ4v) is 7.67. The number of aromatic amines is 1. The Morgan fingerprint density at radius 3 is 2.62 bits per heavy atom. The van der Waals surface area contributed by atoms with Crippen LogP contribution in [0.2, 0.25) is 0 Å². The molecule has 10 heteroatoms. The zero-order chi connectivity index (χ0) is 26.8. The third-order valence-electron chi connectivity index (χ3n) is 8.50. The van der Waals surface area contributed by atoms with E-state index in [0.717, 1.165) is 90.6 Å². The van der Waals surface area contributed by atoms with Crippen molar-refractivity contribution >= 4 is 32.5 Å². The summed E-state index contributed by atoms with van der Waals surface area (Å²) in [6.07, 6.45) is 11.1. The highest BCUT2D eigenvalue weighted by molar-refractivity contribution is 7.73. The first kappa shape index (κ1) is 26.0. The molecule has 6 rings (SSSR count). The Morgan fingerprint density at radius 2 is 1.85 bits per heavy atom. The number of hydrogen-bond acceptors (Lipinski definition) is 8. The largest absolute Gasteiger partial charge is 0.497 e. The second-order valence-electron chi connectivity index (χ2n) is 10.9. The average Bonchev–Trinajstić information content (AvgIpc) is 3.46. The summed E-state index contributed by atoms with van der Waals surface area (Å²) in [4.78, 5) is 9.89. The minimum Gasteiger partial charge on any atom is -0.497 e. The molecule has 0 amide bonds. The zero-order valence-electron chi connectivity index (χ0n) is 22.2. The number of thiol groups is 1. The molecule has 4 heterocycles. The van der Waals surface area contributed by atoms with Crippen molar-refractivity contribution in [3.05, 3.63) is 54.6 Å². The number of methoxy groups -OCH3 is 1. The summed E-state index contributed by atoms with van der Waals surface area (Å²) in [6, 6.07) is 9.64. The number of hydrogen-bond donors (Lipinski definition) is 2. The van der Waals surface area contributed by atoms with Gasteiger partial charge in [0, 0.05) is 46.9 Å². The van der Waals surface area contributed by atoms with E-state index in [0.29, 0.717) is 12.5 Å². The molecule has 206 valence electrons. The maximum atomic E-state index is 12.6. The Labute approximate surface area is 229 Å². The number of rotatable bonds is 8. The molecule has 0 spiro atoms. The minimum absolute atomic E-state index is 0.125. The molecule has 1 N–H and O–H groups in total. The second kappa shape index (κ2) is 11.5. The Hall–Kier alpha value is -3.24. The summed E-state index contributed by atoms with van der Waals surface area (Å²) in [5.41, 5.74) is 1.86. The molecule has 0 bridgehead atoms. The summed E-state index contributed by atoms with van der Waals surface area (Å²) in [7, 11) is -0.925. The molecular formula is C29H35N5O4S. The number of nitrogens with one attached hydrogen (secondary N) is 1. The monoisotopic (exact) mass is 549 g/mol. The third-order valence-corrected chi connectivity index (χ3v) is 9.68. The van der Waals surface area contributed by atoms with Gasteiger partial charge in [-0.2, -0.15) is 10.2 Å². The highest BCUT2D eigenvalue weighted by Gasteiger charge is 2.37. The lowest BCUT2D eigenvalue weighted by Gasteiger charge is -2.41. The van der Waals surface area contributed by atoms with E-state index in [-0.39, 0.29) is 11.8 Å².